The molecule has 1 heterocycles. The Morgan fingerprint density at radius 1 is 1.26 bits per heavy atom. The van der Waals surface area contributed by atoms with Gasteiger partial charge in [0.2, 0.25) is 5.92 Å². The van der Waals surface area contributed by atoms with Gasteiger partial charge in [-0.3, -0.25) is 4.68 Å². The molecule has 1 aromatic heterocycles. The highest BCUT2D eigenvalue weighted by atomic mass is 19.3. The number of fused-ring (bicyclic) bond motifs is 1. The zero-order valence-electron chi connectivity index (χ0n) is 11.1. The second-order valence-electron chi connectivity index (χ2n) is 5.35. The molecule has 0 bridgehead atoms. The quantitative estimate of drug-likeness (QED) is 0.788. The van der Waals surface area contributed by atoms with Gasteiger partial charge in [0.1, 0.15) is 0 Å². The average molecular weight is 264 g/mol. The van der Waals surface area contributed by atoms with Crippen molar-refractivity contribution < 1.29 is 8.78 Å². The van der Waals surface area contributed by atoms with E-state index in [9.17, 15) is 8.78 Å². The van der Waals surface area contributed by atoms with E-state index in [0.717, 1.165) is 23.0 Å². The number of benzene rings is 1. The minimum atomic E-state index is -2.48. The molecule has 19 heavy (non-hydrogen) atoms. The lowest BCUT2D eigenvalue weighted by molar-refractivity contribution is -0.0446. The normalized spacial score (nSPS) is 19.9. The molecule has 0 amide bonds. The van der Waals surface area contributed by atoms with Crippen molar-refractivity contribution in [1.82, 2.24) is 9.78 Å². The van der Waals surface area contributed by atoms with Crippen molar-refractivity contribution in [1.29, 1.82) is 0 Å². The molecule has 0 aliphatic heterocycles. The topological polar surface area (TPSA) is 17.8 Å². The molecule has 2 aromatic rings. The van der Waals surface area contributed by atoms with Gasteiger partial charge >= 0.3 is 0 Å². The summed E-state index contributed by atoms with van der Waals surface area (Å²) in [6.45, 7) is 2.08. The van der Waals surface area contributed by atoms with Crippen molar-refractivity contribution in [2.45, 2.75) is 51.0 Å². The molecule has 1 saturated carbocycles. The lowest BCUT2D eigenvalue weighted by Crippen LogP contribution is -2.26. The van der Waals surface area contributed by atoms with Crippen LogP contribution in [0.2, 0.25) is 0 Å². The predicted octanol–water partition coefficient (Wildman–Crippen LogP) is 4.35. The number of halogens is 2. The fourth-order valence-corrected chi connectivity index (χ4v) is 2.96. The van der Waals surface area contributed by atoms with Crippen LogP contribution in [0.4, 0.5) is 8.78 Å². The molecule has 102 valence electrons. The maximum atomic E-state index is 13.2. The SMILES string of the molecule is CCc1nn(C2CCC(F)(F)CC2)c2ccccc12. The van der Waals surface area contributed by atoms with Crippen molar-refractivity contribution in [3.63, 3.8) is 0 Å². The Kier molecular flexibility index (Phi) is 3.03. The number of alkyl halides is 2. The van der Waals surface area contributed by atoms with Crippen molar-refractivity contribution in [2.24, 2.45) is 0 Å². The van der Waals surface area contributed by atoms with Crippen LogP contribution in [0.5, 0.6) is 0 Å². The van der Waals surface area contributed by atoms with E-state index in [0.29, 0.717) is 12.8 Å². The summed E-state index contributed by atoms with van der Waals surface area (Å²) in [6.07, 6.45) is 1.86. The summed E-state index contributed by atoms with van der Waals surface area (Å²) in [4.78, 5) is 0. The first-order valence-corrected chi connectivity index (χ1v) is 6.94. The van der Waals surface area contributed by atoms with Gasteiger partial charge < -0.3 is 0 Å². The Balaban J connectivity index is 1.97. The smallest absolute Gasteiger partial charge is 0.248 e. The monoisotopic (exact) mass is 264 g/mol. The molecule has 4 heteroatoms. The molecule has 0 N–H and O–H groups in total. The van der Waals surface area contributed by atoms with E-state index in [4.69, 9.17) is 0 Å². The van der Waals surface area contributed by atoms with Crippen LogP contribution < -0.4 is 0 Å². The largest absolute Gasteiger partial charge is 0.262 e. The highest BCUT2D eigenvalue weighted by Crippen LogP contribution is 2.39. The fraction of sp³-hybridized carbons (Fsp3) is 0.533. The lowest BCUT2D eigenvalue weighted by Gasteiger charge is -2.28. The minimum absolute atomic E-state index is 0.0205. The molecule has 0 saturated heterocycles. The number of aromatic nitrogens is 2. The standard InChI is InChI=1S/C15H18F2N2/c1-2-13-12-5-3-4-6-14(12)19(18-13)11-7-9-15(16,17)10-8-11/h3-6,11H,2,7-10H2,1H3. The molecular formula is C15H18F2N2. The lowest BCUT2D eigenvalue weighted by atomic mass is 9.92. The Hall–Kier alpha value is -1.45. The minimum Gasteiger partial charge on any atom is -0.262 e. The maximum Gasteiger partial charge on any atom is 0.248 e. The van der Waals surface area contributed by atoms with Crippen molar-refractivity contribution in [3.8, 4) is 0 Å². The number of aryl methyl sites for hydroxylation is 1. The highest BCUT2D eigenvalue weighted by Gasteiger charge is 2.36. The summed E-state index contributed by atoms with van der Waals surface area (Å²) in [6, 6.07) is 8.20. The molecule has 0 radical (unpaired) electrons. The van der Waals surface area contributed by atoms with Crippen molar-refractivity contribution in [3.05, 3.63) is 30.0 Å². The molecule has 1 aliphatic carbocycles. The summed E-state index contributed by atoms with van der Waals surface area (Å²) in [7, 11) is 0. The first kappa shape index (κ1) is 12.6. The van der Waals surface area contributed by atoms with E-state index in [1.165, 1.54) is 0 Å². The highest BCUT2D eigenvalue weighted by molar-refractivity contribution is 5.82. The van der Waals surface area contributed by atoms with E-state index in [-0.39, 0.29) is 18.9 Å². The predicted molar refractivity (Wildman–Crippen MR) is 71.6 cm³/mol. The van der Waals surface area contributed by atoms with Crippen LogP contribution in [-0.2, 0) is 6.42 Å². The Bertz CT molecular complexity index is 579. The second-order valence-corrected chi connectivity index (χ2v) is 5.35. The van der Waals surface area contributed by atoms with Crippen LogP contribution in [0.3, 0.4) is 0 Å². The molecule has 3 rings (SSSR count). The molecule has 0 unspecified atom stereocenters. The molecular weight excluding hydrogens is 246 g/mol. The number of para-hydroxylation sites is 1. The zero-order chi connectivity index (χ0) is 13.5. The molecule has 1 aromatic carbocycles. The van der Waals surface area contributed by atoms with E-state index < -0.39 is 5.92 Å². The number of hydrogen-bond acceptors (Lipinski definition) is 1. The summed E-state index contributed by atoms with van der Waals surface area (Å²) in [5.41, 5.74) is 2.14. The third kappa shape index (κ3) is 2.24. The first-order valence-electron chi connectivity index (χ1n) is 6.94. The number of hydrogen-bond donors (Lipinski definition) is 0. The van der Waals surface area contributed by atoms with Gasteiger partial charge in [-0.25, -0.2) is 8.78 Å². The van der Waals surface area contributed by atoms with Crippen LogP contribution >= 0.6 is 0 Å². The first-order chi connectivity index (χ1) is 9.11. The van der Waals surface area contributed by atoms with Gasteiger partial charge in [0.15, 0.2) is 0 Å². The van der Waals surface area contributed by atoms with Crippen LogP contribution in [0.1, 0.15) is 44.3 Å². The summed E-state index contributed by atoms with van der Waals surface area (Å²) in [5, 5.41) is 5.81. The third-order valence-corrected chi connectivity index (χ3v) is 4.06. The summed E-state index contributed by atoms with van der Waals surface area (Å²) < 4.78 is 28.5. The fourth-order valence-electron chi connectivity index (χ4n) is 2.96. The molecule has 0 atom stereocenters. The molecule has 0 spiro atoms. The summed E-state index contributed by atoms with van der Waals surface area (Å²) in [5.74, 6) is -2.48. The summed E-state index contributed by atoms with van der Waals surface area (Å²) >= 11 is 0. The molecule has 1 fully saturated rings. The molecule has 1 aliphatic rings. The van der Waals surface area contributed by atoms with Crippen LogP contribution in [-0.4, -0.2) is 15.7 Å². The van der Waals surface area contributed by atoms with Gasteiger partial charge in [0, 0.05) is 18.2 Å². The Morgan fingerprint density at radius 2 is 1.95 bits per heavy atom. The Labute approximate surface area is 111 Å². The van der Waals surface area contributed by atoms with Crippen LogP contribution in [0.15, 0.2) is 24.3 Å². The second kappa shape index (κ2) is 4.58. The zero-order valence-corrected chi connectivity index (χ0v) is 11.1. The maximum absolute atomic E-state index is 13.2. The number of rotatable bonds is 2. The molecule has 2 nitrogen and oxygen atoms in total. The van der Waals surface area contributed by atoms with Crippen LogP contribution in [0.25, 0.3) is 10.9 Å². The Morgan fingerprint density at radius 3 is 2.63 bits per heavy atom. The average Bonchev–Trinajstić information content (AvgIpc) is 2.78. The van der Waals surface area contributed by atoms with Gasteiger partial charge in [0.25, 0.3) is 0 Å². The van der Waals surface area contributed by atoms with Gasteiger partial charge in [-0.2, -0.15) is 5.10 Å². The van der Waals surface area contributed by atoms with E-state index >= 15 is 0 Å². The van der Waals surface area contributed by atoms with Gasteiger partial charge in [-0.05, 0) is 25.3 Å². The van der Waals surface area contributed by atoms with Gasteiger partial charge in [0.05, 0.1) is 17.3 Å². The van der Waals surface area contributed by atoms with E-state index in [1.54, 1.807) is 0 Å². The van der Waals surface area contributed by atoms with Crippen LogP contribution in [0, 0.1) is 0 Å². The van der Waals surface area contributed by atoms with Gasteiger partial charge in [-0.15, -0.1) is 0 Å². The third-order valence-electron chi connectivity index (χ3n) is 4.06. The van der Waals surface area contributed by atoms with E-state index in [1.807, 2.05) is 22.9 Å². The van der Waals surface area contributed by atoms with E-state index in [2.05, 4.69) is 18.1 Å². The van der Waals surface area contributed by atoms with Crippen molar-refractivity contribution in [2.75, 3.05) is 0 Å². The van der Waals surface area contributed by atoms with Crippen molar-refractivity contribution >= 4 is 10.9 Å². The van der Waals surface area contributed by atoms with Gasteiger partial charge in [-0.1, -0.05) is 25.1 Å². The number of nitrogens with zero attached hydrogens (tertiary/aromatic N) is 2.